The highest BCUT2D eigenvalue weighted by Crippen LogP contribution is 2.24. The van der Waals surface area contributed by atoms with Crippen LogP contribution in [0.15, 0.2) is 24.5 Å². The molecule has 1 atom stereocenters. The van der Waals surface area contributed by atoms with Gasteiger partial charge in [0.2, 0.25) is 0 Å². The Kier molecular flexibility index (Phi) is 5.58. The van der Waals surface area contributed by atoms with Crippen LogP contribution < -0.4 is 0 Å². The van der Waals surface area contributed by atoms with Crippen molar-refractivity contribution in [2.24, 2.45) is 5.92 Å². The summed E-state index contributed by atoms with van der Waals surface area (Å²) < 4.78 is 36.5. The molecule has 1 aliphatic rings. The first-order valence-corrected chi connectivity index (χ1v) is 7.28. The molecule has 3 nitrogen and oxygen atoms in total. The van der Waals surface area contributed by atoms with E-state index in [-0.39, 0.29) is 6.54 Å². The molecule has 2 heterocycles. The molecule has 1 aromatic rings. The van der Waals surface area contributed by atoms with Gasteiger partial charge in [-0.1, -0.05) is 6.07 Å². The number of aromatic nitrogens is 1. The van der Waals surface area contributed by atoms with Gasteiger partial charge in [0.25, 0.3) is 0 Å². The van der Waals surface area contributed by atoms with Gasteiger partial charge in [-0.15, -0.1) is 0 Å². The summed E-state index contributed by atoms with van der Waals surface area (Å²) >= 11 is 0. The van der Waals surface area contributed by atoms with Gasteiger partial charge in [-0.3, -0.25) is 4.98 Å². The summed E-state index contributed by atoms with van der Waals surface area (Å²) in [6, 6.07) is 3.96. The van der Waals surface area contributed by atoms with Crippen molar-refractivity contribution in [1.29, 1.82) is 0 Å². The SMILES string of the molecule is O[C@@H](CN1CCC(Cc2cccnc2)CC1)CC(F)(F)F. The smallest absolute Gasteiger partial charge is 0.391 e. The maximum absolute atomic E-state index is 12.2. The summed E-state index contributed by atoms with van der Waals surface area (Å²) in [6.45, 7) is 1.61. The monoisotopic (exact) mass is 302 g/mol. The van der Waals surface area contributed by atoms with Crippen LogP contribution in [-0.4, -0.2) is 46.9 Å². The molecule has 0 aliphatic carbocycles. The van der Waals surface area contributed by atoms with Crippen LogP contribution in [0, 0.1) is 5.92 Å². The zero-order chi connectivity index (χ0) is 15.3. The zero-order valence-electron chi connectivity index (χ0n) is 11.9. The number of pyridine rings is 1. The topological polar surface area (TPSA) is 36.4 Å². The van der Waals surface area contributed by atoms with Crippen molar-refractivity contribution < 1.29 is 18.3 Å². The molecular weight excluding hydrogens is 281 g/mol. The van der Waals surface area contributed by atoms with Crippen molar-refractivity contribution in [3.8, 4) is 0 Å². The molecule has 0 saturated carbocycles. The molecule has 21 heavy (non-hydrogen) atoms. The highest BCUT2D eigenvalue weighted by Gasteiger charge is 2.32. The van der Waals surface area contributed by atoms with Crippen LogP contribution in [0.1, 0.15) is 24.8 Å². The second kappa shape index (κ2) is 7.22. The van der Waals surface area contributed by atoms with E-state index in [1.165, 1.54) is 5.56 Å². The van der Waals surface area contributed by atoms with Crippen LogP contribution in [0.3, 0.4) is 0 Å². The fraction of sp³-hybridized carbons (Fsp3) is 0.667. The molecule has 0 radical (unpaired) electrons. The maximum atomic E-state index is 12.2. The van der Waals surface area contributed by atoms with Gasteiger partial charge >= 0.3 is 6.18 Å². The van der Waals surface area contributed by atoms with Crippen LogP contribution in [0.25, 0.3) is 0 Å². The molecule has 0 unspecified atom stereocenters. The number of hydrogen-bond donors (Lipinski definition) is 1. The number of piperidine rings is 1. The first kappa shape index (κ1) is 16.2. The Morgan fingerprint density at radius 3 is 2.62 bits per heavy atom. The van der Waals surface area contributed by atoms with Crippen molar-refractivity contribution in [2.45, 2.75) is 38.0 Å². The molecule has 1 aromatic heterocycles. The standard InChI is InChI=1S/C15H21F3N2O/c16-15(17,18)9-14(21)11-20-6-3-12(4-7-20)8-13-2-1-5-19-10-13/h1-2,5,10,12,14,21H,3-4,6-9,11H2/t14-/m1/s1. The second-order valence-electron chi connectivity index (χ2n) is 5.78. The summed E-state index contributed by atoms with van der Waals surface area (Å²) in [4.78, 5) is 6.02. The lowest BCUT2D eigenvalue weighted by Crippen LogP contribution is -2.40. The molecule has 0 aromatic carbocycles. The van der Waals surface area contributed by atoms with Crippen LogP contribution in [0.4, 0.5) is 13.2 Å². The fourth-order valence-electron chi connectivity index (χ4n) is 2.86. The number of nitrogens with zero attached hydrogens (tertiary/aromatic N) is 2. The van der Waals surface area contributed by atoms with Gasteiger partial charge in [-0.05, 0) is 49.9 Å². The minimum Gasteiger partial charge on any atom is -0.391 e. The molecule has 0 spiro atoms. The van der Waals surface area contributed by atoms with Gasteiger partial charge < -0.3 is 10.0 Å². The van der Waals surface area contributed by atoms with Gasteiger partial charge in [0.15, 0.2) is 0 Å². The molecule has 0 amide bonds. The Bertz CT molecular complexity index is 417. The van der Waals surface area contributed by atoms with E-state index in [2.05, 4.69) is 4.98 Å². The lowest BCUT2D eigenvalue weighted by Gasteiger charge is -2.33. The Balaban J connectivity index is 1.71. The number of hydrogen-bond acceptors (Lipinski definition) is 3. The molecule has 1 fully saturated rings. The summed E-state index contributed by atoms with van der Waals surface area (Å²) in [5.41, 5.74) is 1.20. The van der Waals surface area contributed by atoms with E-state index in [1.54, 1.807) is 6.20 Å². The molecule has 1 saturated heterocycles. The Morgan fingerprint density at radius 1 is 1.33 bits per heavy atom. The number of halogens is 3. The third-order valence-corrected chi connectivity index (χ3v) is 3.89. The third-order valence-electron chi connectivity index (χ3n) is 3.89. The van der Waals surface area contributed by atoms with Gasteiger partial charge in [-0.25, -0.2) is 0 Å². The van der Waals surface area contributed by atoms with E-state index < -0.39 is 18.7 Å². The lowest BCUT2D eigenvalue weighted by molar-refractivity contribution is -0.155. The molecule has 2 rings (SSSR count). The van der Waals surface area contributed by atoms with Crippen molar-refractivity contribution in [3.63, 3.8) is 0 Å². The first-order valence-electron chi connectivity index (χ1n) is 7.28. The number of rotatable bonds is 5. The van der Waals surface area contributed by atoms with E-state index in [9.17, 15) is 18.3 Å². The fourth-order valence-corrected chi connectivity index (χ4v) is 2.86. The minimum absolute atomic E-state index is 0.110. The first-order chi connectivity index (χ1) is 9.92. The number of alkyl halides is 3. The molecule has 118 valence electrons. The second-order valence-corrected chi connectivity index (χ2v) is 5.78. The quantitative estimate of drug-likeness (QED) is 0.908. The van der Waals surface area contributed by atoms with Crippen LogP contribution in [-0.2, 0) is 6.42 Å². The molecule has 6 heteroatoms. The van der Waals surface area contributed by atoms with E-state index in [1.807, 2.05) is 23.2 Å². The lowest BCUT2D eigenvalue weighted by atomic mass is 9.90. The maximum Gasteiger partial charge on any atom is 0.391 e. The zero-order valence-corrected chi connectivity index (χ0v) is 11.9. The average molecular weight is 302 g/mol. The highest BCUT2D eigenvalue weighted by molar-refractivity contribution is 5.09. The minimum atomic E-state index is -4.29. The van der Waals surface area contributed by atoms with Crippen molar-refractivity contribution >= 4 is 0 Å². The number of likely N-dealkylation sites (tertiary alicyclic amines) is 1. The predicted octanol–water partition coefficient (Wildman–Crippen LogP) is 2.65. The van der Waals surface area contributed by atoms with Crippen LogP contribution in [0.2, 0.25) is 0 Å². The van der Waals surface area contributed by atoms with Gasteiger partial charge in [0.05, 0.1) is 12.5 Å². The predicted molar refractivity (Wildman–Crippen MR) is 73.8 cm³/mol. The van der Waals surface area contributed by atoms with E-state index in [4.69, 9.17) is 0 Å². The number of β-amino-alcohol motifs (C(OH)–C–C–N with tert-alkyl or cyclic N) is 1. The van der Waals surface area contributed by atoms with Crippen LogP contribution >= 0.6 is 0 Å². The summed E-state index contributed by atoms with van der Waals surface area (Å²) in [6.07, 6.45) is -0.262. The van der Waals surface area contributed by atoms with Crippen LogP contribution in [0.5, 0.6) is 0 Å². The summed E-state index contributed by atoms with van der Waals surface area (Å²) in [5, 5.41) is 9.47. The average Bonchev–Trinajstić information content (AvgIpc) is 2.40. The Hall–Kier alpha value is -1.14. The molecule has 1 aliphatic heterocycles. The third kappa shape index (κ3) is 6.01. The number of aliphatic hydroxyl groups excluding tert-OH is 1. The summed E-state index contributed by atoms with van der Waals surface area (Å²) in [7, 11) is 0. The van der Waals surface area contributed by atoms with E-state index in [0.717, 1.165) is 32.4 Å². The van der Waals surface area contributed by atoms with E-state index in [0.29, 0.717) is 5.92 Å². The van der Waals surface area contributed by atoms with Crippen molar-refractivity contribution in [3.05, 3.63) is 30.1 Å². The van der Waals surface area contributed by atoms with Gasteiger partial charge in [-0.2, -0.15) is 13.2 Å². The Labute approximate surface area is 122 Å². The number of aliphatic hydroxyl groups is 1. The van der Waals surface area contributed by atoms with Crippen molar-refractivity contribution in [1.82, 2.24) is 9.88 Å². The summed E-state index contributed by atoms with van der Waals surface area (Å²) in [5.74, 6) is 0.546. The molecule has 1 N–H and O–H groups in total. The van der Waals surface area contributed by atoms with Crippen molar-refractivity contribution in [2.75, 3.05) is 19.6 Å². The highest BCUT2D eigenvalue weighted by atomic mass is 19.4. The van der Waals surface area contributed by atoms with Gasteiger partial charge in [0, 0.05) is 18.9 Å². The molecular formula is C15H21F3N2O. The Morgan fingerprint density at radius 2 is 2.05 bits per heavy atom. The normalized spacial score (nSPS) is 19.6. The molecule has 0 bridgehead atoms. The van der Waals surface area contributed by atoms with E-state index >= 15 is 0 Å². The largest absolute Gasteiger partial charge is 0.391 e. The van der Waals surface area contributed by atoms with Gasteiger partial charge in [0.1, 0.15) is 0 Å².